The van der Waals surface area contributed by atoms with Gasteiger partial charge in [-0.3, -0.25) is 0 Å². The van der Waals surface area contributed by atoms with E-state index in [0.717, 1.165) is 18.1 Å². The summed E-state index contributed by atoms with van der Waals surface area (Å²) in [4.78, 5) is 0. The number of rotatable bonds is 5. The molecule has 1 aliphatic rings. The van der Waals surface area contributed by atoms with Gasteiger partial charge in [0.05, 0.1) is 6.07 Å². The van der Waals surface area contributed by atoms with Gasteiger partial charge >= 0.3 is 0 Å². The Labute approximate surface area is 91.2 Å². The predicted octanol–water partition coefficient (Wildman–Crippen LogP) is 2.54. The van der Waals surface area contributed by atoms with Gasteiger partial charge in [-0.2, -0.15) is 17.0 Å². The summed E-state index contributed by atoms with van der Waals surface area (Å²) >= 11 is 1.96. The Morgan fingerprint density at radius 3 is 2.71 bits per heavy atom. The molecule has 0 bridgehead atoms. The maximum atomic E-state index is 8.72. The first kappa shape index (κ1) is 11.9. The van der Waals surface area contributed by atoms with Gasteiger partial charge in [-0.05, 0) is 43.6 Å². The molecule has 80 valence electrons. The lowest BCUT2D eigenvalue weighted by Gasteiger charge is -2.15. The molecule has 2 nitrogen and oxygen atoms in total. The highest BCUT2D eigenvalue weighted by molar-refractivity contribution is 7.99. The van der Waals surface area contributed by atoms with Crippen LogP contribution in [0.3, 0.4) is 0 Å². The summed E-state index contributed by atoms with van der Waals surface area (Å²) in [6.45, 7) is 1.81. The van der Waals surface area contributed by atoms with Crippen molar-refractivity contribution in [2.45, 2.75) is 44.6 Å². The first-order valence-corrected chi connectivity index (χ1v) is 6.57. The number of nitriles is 1. The standard InChI is InChI=1S/C11H20N2S/c1-11(13,9-12)6-7-14-8-10-4-2-3-5-10/h10H,2-8,13H2,1H3. The molecular weight excluding hydrogens is 192 g/mol. The highest BCUT2D eigenvalue weighted by atomic mass is 32.2. The van der Waals surface area contributed by atoms with Crippen molar-refractivity contribution in [2.24, 2.45) is 11.7 Å². The molecule has 1 fully saturated rings. The summed E-state index contributed by atoms with van der Waals surface area (Å²) in [5.74, 6) is 3.23. The molecule has 1 rings (SSSR count). The molecule has 0 aliphatic heterocycles. The fourth-order valence-electron chi connectivity index (χ4n) is 1.77. The van der Waals surface area contributed by atoms with Crippen LogP contribution in [0.15, 0.2) is 0 Å². The third kappa shape index (κ3) is 4.34. The molecule has 14 heavy (non-hydrogen) atoms. The van der Waals surface area contributed by atoms with E-state index in [-0.39, 0.29) is 0 Å². The van der Waals surface area contributed by atoms with Gasteiger partial charge in [-0.1, -0.05) is 12.8 Å². The molecule has 0 spiro atoms. The van der Waals surface area contributed by atoms with Gasteiger partial charge < -0.3 is 5.73 Å². The van der Waals surface area contributed by atoms with Gasteiger partial charge in [0.25, 0.3) is 0 Å². The van der Waals surface area contributed by atoms with E-state index in [1.54, 1.807) is 0 Å². The lowest BCUT2D eigenvalue weighted by atomic mass is 10.0. The second-order valence-corrected chi connectivity index (χ2v) is 5.65. The van der Waals surface area contributed by atoms with Crippen molar-refractivity contribution in [3.8, 4) is 6.07 Å². The zero-order chi connectivity index (χ0) is 10.4. The first-order chi connectivity index (χ1) is 6.64. The molecule has 1 saturated carbocycles. The Morgan fingerprint density at radius 1 is 1.50 bits per heavy atom. The van der Waals surface area contributed by atoms with E-state index in [4.69, 9.17) is 11.0 Å². The number of nitrogens with two attached hydrogens (primary N) is 1. The Hall–Kier alpha value is -0.200. The lowest BCUT2D eigenvalue weighted by molar-refractivity contribution is 0.581. The van der Waals surface area contributed by atoms with Gasteiger partial charge in [0, 0.05) is 0 Å². The maximum Gasteiger partial charge on any atom is 0.102 e. The molecule has 0 saturated heterocycles. The number of thioether (sulfide) groups is 1. The van der Waals surface area contributed by atoms with Gasteiger partial charge in [0.2, 0.25) is 0 Å². The molecule has 0 aromatic rings. The van der Waals surface area contributed by atoms with Crippen LogP contribution in [0.5, 0.6) is 0 Å². The molecule has 2 N–H and O–H groups in total. The first-order valence-electron chi connectivity index (χ1n) is 5.42. The van der Waals surface area contributed by atoms with E-state index < -0.39 is 5.54 Å². The minimum Gasteiger partial charge on any atom is -0.314 e. The second kappa shape index (κ2) is 5.63. The van der Waals surface area contributed by atoms with E-state index in [1.165, 1.54) is 31.4 Å². The quantitative estimate of drug-likeness (QED) is 0.712. The van der Waals surface area contributed by atoms with Crippen LogP contribution >= 0.6 is 11.8 Å². The number of hydrogen-bond donors (Lipinski definition) is 1. The van der Waals surface area contributed by atoms with E-state index >= 15 is 0 Å². The molecule has 0 aromatic carbocycles. The zero-order valence-electron chi connectivity index (χ0n) is 8.96. The van der Waals surface area contributed by atoms with Crippen LogP contribution in [0.2, 0.25) is 0 Å². The van der Waals surface area contributed by atoms with Crippen molar-refractivity contribution < 1.29 is 0 Å². The summed E-state index contributed by atoms with van der Waals surface area (Å²) in [7, 11) is 0. The molecule has 3 heteroatoms. The van der Waals surface area contributed by atoms with Crippen LogP contribution in [0.4, 0.5) is 0 Å². The molecule has 1 unspecified atom stereocenters. The minimum atomic E-state index is -0.622. The Morgan fingerprint density at radius 2 is 2.14 bits per heavy atom. The fraction of sp³-hybridized carbons (Fsp3) is 0.909. The number of nitrogens with zero attached hydrogens (tertiary/aromatic N) is 1. The highest BCUT2D eigenvalue weighted by Gasteiger charge is 2.18. The van der Waals surface area contributed by atoms with E-state index in [9.17, 15) is 0 Å². The topological polar surface area (TPSA) is 49.8 Å². The van der Waals surface area contributed by atoms with Crippen molar-refractivity contribution in [1.82, 2.24) is 0 Å². The van der Waals surface area contributed by atoms with Gasteiger partial charge in [0.15, 0.2) is 0 Å². The lowest BCUT2D eigenvalue weighted by Crippen LogP contribution is -2.34. The number of hydrogen-bond acceptors (Lipinski definition) is 3. The van der Waals surface area contributed by atoms with Crippen molar-refractivity contribution in [3.05, 3.63) is 0 Å². The van der Waals surface area contributed by atoms with Crippen molar-refractivity contribution in [3.63, 3.8) is 0 Å². The summed E-state index contributed by atoms with van der Waals surface area (Å²) in [5, 5.41) is 8.72. The minimum absolute atomic E-state index is 0.622. The normalized spacial score (nSPS) is 21.8. The molecule has 1 aliphatic carbocycles. The molecule has 0 aromatic heterocycles. The average Bonchev–Trinajstić information content (AvgIpc) is 2.65. The van der Waals surface area contributed by atoms with Gasteiger partial charge in [-0.15, -0.1) is 0 Å². The summed E-state index contributed by atoms with van der Waals surface area (Å²) in [6.07, 6.45) is 6.45. The van der Waals surface area contributed by atoms with Crippen LogP contribution < -0.4 is 5.73 Å². The molecule has 1 atom stereocenters. The monoisotopic (exact) mass is 212 g/mol. The summed E-state index contributed by atoms with van der Waals surface area (Å²) in [5.41, 5.74) is 5.11. The molecule has 0 amide bonds. The van der Waals surface area contributed by atoms with Crippen molar-refractivity contribution in [1.29, 1.82) is 5.26 Å². The summed E-state index contributed by atoms with van der Waals surface area (Å²) < 4.78 is 0. The van der Waals surface area contributed by atoms with Crippen LogP contribution in [0, 0.1) is 17.2 Å². The Bertz CT molecular complexity index is 202. The van der Waals surface area contributed by atoms with Crippen molar-refractivity contribution >= 4 is 11.8 Å². The summed E-state index contributed by atoms with van der Waals surface area (Å²) in [6, 6.07) is 2.13. The SMILES string of the molecule is CC(N)(C#N)CCSCC1CCCC1. The van der Waals surface area contributed by atoms with Crippen LogP contribution in [0.25, 0.3) is 0 Å². The average molecular weight is 212 g/mol. The van der Waals surface area contributed by atoms with E-state index in [1.807, 2.05) is 18.7 Å². The van der Waals surface area contributed by atoms with Crippen LogP contribution in [-0.4, -0.2) is 17.0 Å². The van der Waals surface area contributed by atoms with Gasteiger partial charge in [0.1, 0.15) is 5.54 Å². The van der Waals surface area contributed by atoms with Crippen LogP contribution in [0.1, 0.15) is 39.0 Å². The molecule has 0 radical (unpaired) electrons. The molecule has 0 heterocycles. The van der Waals surface area contributed by atoms with Crippen molar-refractivity contribution in [2.75, 3.05) is 11.5 Å². The highest BCUT2D eigenvalue weighted by Crippen LogP contribution is 2.28. The smallest absolute Gasteiger partial charge is 0.102 e. The Balaban J connectivity index is 2.02. The third-order valence-corrected chi connectivity index (χ3v) is 4.05. The third-order valence-electron chi connectivity index (χ3n) is 2.85. The van der Waals surface area contributed by atoms with E-state index in [0.29, 0.717) is 0 Å². The zero-order valence-corrected chi connectivity index (χ0v) is 9.78. The Kier molecular flexibility index (Phi) is 4.77. The van der Waals surface area contributed by atoms with E-state index in [2.05, 4.69) is 6.07 Å². The fourth-order valence-corrected chi connectivity index (χ4v) is 3.17. The maximum absolute atomic E-state index is 8.72. The largest absolute Gasteiger partial charge is 0.314 e. The predicted molar refractivity (Wildman–Crippen MR) is 62.1 cm³/mol. The molecular formula is C11H20N2S. The van der Waals surface area contributed by atoms with Crippen LogP contribution in [-0.2, 0) is 0 Å². The second-order valence-electron chi connectivity index (χ2n) is 4.50. The van der Waals surface area contributed by atoms with Gasteiger partial charge in [-0.25, -0.2) is 0 Å².